The van der Waals surface area contributed by atoms with Gasteiger partial charge < -0.3 is 0 Å². The van der Waals surface area contributed by atoms with Crippen LogP contribution in [0.15, 0.2) is 24.3 Å². The third-order valence-corrected chi connectivity index (χ3v) is 5.37. The van der Waals surface area contributed by atoms with Gasteiger partial charge in [0, 0.05) is 9.85 Å². The zero-order chi connectivity index (χ0) is 14.8. The standard InChI is InChI=1S/C15H17BrClF3/c16-14(9-10-2-1-3-13(17)8-10)11-4-6-12(7-5-11)15(18,19)20/h1-3,8,11-12,14H,4-7,9H2. The molecule has 0 N–H and O–H groups in total. The zero-order valence-corrected chi connectivity index (χ0v) is 13.3. The lowest BCUT2D eigenvalue weighted by atomic mass is 9.79. The Morgan fingerprint density at radius 1 is 1.20 bits per heavy atom. The summed E-state index contributed by atoms with van der Waals surface area (Å²) in [6.45, 7) is 0. The highest BCUT2D eigenvalue weighted by Gasteiger charge is 2.42. The molecular formula is C15H17BrClF3. The third-order valence-electron chi connectivity index (χ3n) is 4.07. The highest BCUT2D eigenvalue weighted by molar-refractivity contribution is 9.09. The van der Waals surface area contributed by atoms with Gasteiger partial charge in [-0.3, -0.25) is 0 Å². The second-order valence-corrected chi connectivity index (χ2v) is 7.12. The fourth-order valence-corrected chi connectivity index (χ4v) is 3.98. The van der Waals surface area contributed by atoms with Gasteiger partial charge in [-0.15, -0.1) is 0 Å². The lowest BCUT2D eigenvalue weighted by Gasteiger charge is -2.32. The van der Waals surface area contributed by atoms with E-state index in [0.717, 1.165) is 12.0 Å². The van der Waals surface area contributed by atoms with Gasteiger partial charge >= 0.3 is 6.18 Å². The Kier molecular flexibility index (Phi) is 5.41. The molecule has 1 fully saturated rings. The van der Waals surface area contributed by atoms with E-state index in [0.29, 0.717) is 23.8 Å². The number of hydrogen-bond acceptors (Lipinski definition) is 0. The van der Waals surface area contributed by atoms with Gasteiger partial charge in [0.1, 0.15) is 0 Å². The van der Waals surface area contributed by atoms with Crippen LogP contribution in [0.1, 0.15) is 31.2 Å². The minimum atomic E-state index is -4.03. The van der Waals surface area contributed by atoms with Crippen molar-refractivity contribution in [2.75, 3.05) is 0 Å². The molecule has 0 spiro atoms. The van der Waals surface area contributed by atoms with E-state index in [-0.39, 0.29) is 17.7 Å². The fourth-order valence-electron chi connectivity index (χ4n) is 2.86. The number of benzene rings is 1. The summed E-state index contributed by atoms with van der Waals surface area (Å²) in [4.78, 5) is 0.218. The van der Waals surface area contributed by atoms with Gasteiger partial charge in [-0.05, 0) is 55.7 Å². The van der Waals surface area contributed by atoms with Crippen LogP contribution in [0.4, 0.5) is 13.2 Å². The molecule has 1 aliphatic carbocycles. The van der Waals surface area contributed by atoms with Crippen LogP contribution in [0.3, 0.4) is 0 Å². The number of rotatable bonds is 3. The number of alkyl halides is 4. The molecule has 1 unspecified atom stereocenters. The van der Waals surface area contributed by atoms with Crippen molar-refractivity contribution in [2.45, 2.75) is 43.1 Å². The minimum absolute atomic E-state index is 0.218. The molecule has 1 aromatic rings. The van der Waals surface area contributed by atoms with Crippen LogP contribution >= 0.6 is 27.5 Å². The predicted molar refractivity (Wildman–Crippen MR) is 79.4 cm³/mol. The second-order valence-electron chi connectivity index (χ2n) is 5.50. The molecule has 1 saturated carbocycles. The molecule has 0 aliphatic heterocycles. The van der Waals surface area contributed by atoms with Gasteiger partial charge in [0.15, 0.2) is 0 Å². The number of hydrogen-bond donors (Lipinski definition) is 0. The zero-order valence-electron chi connectivity index (χ0n) is 11.0. The van der Waals surface area contributed by atoms with Crippen LogP contribution in [0, 0.1) is 11.8 Å². The van der Waals surface area contributed by atoms with Crippen molar-refractivity contribution in [3.63, 3.8) is 0 Å². The smallest absolute Gasteiger partial charge is 0.171 e. The van der Waals surface area contributed by atoms with E-state index in [1.807, 2.05) is 24.3 Å². The molecule has 0 nitrogen and oxygen atoms in total. The Bertz CT molecular complexity index is 439. The van der Waals surface area contributed by atoms with Crippen LogP contribution in [-0.2, 0) is 6.42 Å². The first-order chi connectivity index (χ1) is 9.36. The molecule has 0 amide bonds. The van der Waals surface area contributed by atoms with Crippen molar-refractivity contribution in [1.82, 2.24) is 0 Å². The average molecular weight is 370 g/mol. The first kappa shape index (κ1) is 16.2. The molecule has 1 atom stereocenters. The van der Waals surface area contributed by atoms with E-state index in [1.54, 1.807) is 0 Å². The molecule has 0 radical (unpaired) electrons. The van der Waals surface area contributed by atoms with Gasteiger partial charge in [0.05, 0.1) is 5.92 Å². The normalized spacial score (nSPS) is 25.4. The Labute approximate surface area is 130 Å². The van der Waals surface area contributed by atoms with Gasteiger partial charge in [0.2, 0.25) is 0 Å². The van der Waals surface area contributed by atoms with Gasteiger partial charge in [0.25, 0.3) is 0 Å². The molecule has 0 heterocycles. The van der Waals surface area contributed by atoms with Crippen molar-refractivity contribution >= 4 is 27.5 Å². The molecule has 112 valence electrons. The maximum atomic E-state index is 12.6. The van der Waals surface area contributed by atoms with E-state index in [4.69, 9.17) is 11.6 Å². The first-order valence-electron chi connectivity index (χ1n) is 6.81. The SMILES string of the molecule is FC(F)(F)C1CCC(C(Br)Cc2cccc(Cl)c2)CC1. The first-order valence-corrected chi connectivity index (χ1v) is 8.11. The predicted octanol–water partition coefficient (Wildman–Crippen LogP) is 6.01. The van der Waals surface area contributed by atoms with Gasteiger partial charge in [-0.2, -0.15) is 13.2 Å². The average Bonchev–Trinajstić information content (AvgIpc) is 2.38. The lowest BCUT2D eigenvalue weighted by Crippen LogP contribution is -2.30. The van der Waals surface area contributed by atoms with E-state index in [1.165, 1.54) is 0 Å². The summed E-state index contributed by atoms with van der Waals surface area (Å²) in [6.07, 6.45) is -1.43. The summed E-state index contributed by atoms with van der Waals surface area (Å²) in [6, 6.07) is 7.64. The maximum absolute atomic E-state index is 12.6. The van der Waals surface area contributed by atoms with Crippen molar-refractivity contribution in [3.8, 4) is 0 Å². The van der Waals surface area contributed by atoms with Crippen molar-refractivity contribution < 1.29 is 13.2 Å². The monoisotopic (exact) mass is 368 g/mol. The second kappa shape index (κ2) is 6.69. The largest absolute Gasteiger partial charge is 0.391 e. The Balaban J connectivity index is 1.87. The molecular weight excluding hydrogens is 353 g/mol. The summed E-state index contributed by atoms with van der Waals surface area (Å²) in [7, 11) is 0. The maximum Gasteiger partial charge on any atom is 0.391 e. The van der Waals surface area contributed by atoms with Crippen LogP contribution in [0.5, 0.6) is 0 Å². The van der Waals surface area contributed by atoms with Crippen molar-refractivity contribution in [2.24, 2.45) is 11.8 Å². The fraction of sp³-hybridized carbons (Fsp3) is 0.600. The Hall–Kier alpha value is -0.220. The van der Waals surface area contributed by atoms with Crippen LogP contribution < -0.4 is 0 Å². The molecule has 5 heteroatoms. The van der Waals surface area contributed by atoms with E-state index in [9.17, 15) is 13.2 Å². The van der Waals surface area contributed by atoms with E-state index < -0.39 is 12.1 Å². The summed E-state index contributed by atoms with van der Waals surface area (Å²) < 4.78 is 37.9. The van der Waals surface area contributed by atoms with Crippen LogP contribution in [0.25, 0.3) is 0 Å². The molecule has 20 heavy (non-hydrogen) atoms. The van der Waals surface area contributed by atoms with Crippen LogP contribution in [0.2, 0.25) is 5.02 Å². The molecule has 0 saturated heterocycles. The topological polar surface area (TPSA) is 0 Å². The van der Waals surface area contributed by atoms with Crippen LogP contribution in [-0.4, -0.2) is 11.0 Å². The summed E-state index contributed by atoms with van der Waals surface area (Å²) in [5.41, 5.74) is 1.12. The highest BCUT2D eigenvalue weighted by Crippen LogP contribution is 2.42. The summed E-state index contributed by atoms with van der Waals surface area (Å²) >= 11 is 9.59. The lowest BCUT2D eigenvalue weighted by molar-refractivity contribution is -0.183. The molecule has 2 rings (SSSR count). The van der Waals surface area contributed by atoms with Crippen molar-refractivity contribution in [3.05, 3.63) is 34.9 Å². The molecule has 0 aromatic heterocycles. The molecule has 0 bridgehead atoms. The summed E-state index contributed by atoms with van der Waals surface area (Å²) in [5, 5.41) is 0.697. The third kappa shape index (κ3) is 4.39. The van der Waals surface area contributed by atoms with Gasteiger partial charge in [-0.25, -0.2) is 0 Å². The summed E-state index contributed by atoms with van der Waals surface area (Å²) in [5.74, 6) is -0.794. The minimum Gasteiger partial charge on any atom is -0.171 e. The molecule has 1 aromatic carbocycles. The number of halogens is 5. The van der Waals surface area contributed by atoms with E-state index in [2.05, 4.69) is 15.9 Å². The highest BCUT2D eigenvalue weighted by atomic mass is 79.9. The van der Waals surface area contributed by atoms with Crippen molar-refractivity contribution in [1.29, 1.82) is 0 Å². The van der Waals surface area contributed by atoms with E-state index >= 15 is 0 Å². The Morgan fingerprint density at radius 3 is 2.40 bits per heavy atom. The molecule has 1 aliphatic rings. The Morgan fingerprint density at radius 2 is 1.85 bits per heavy atom. The quantitative estimate of drug-likeness (QED) is 0.572. The van der Waals surface area contributed by atoms with Gasteiger partial charge in [-0.1, -0.05) is 39.7 Å².